The van der Waals surface area contributed by atoms with Crippen molar-refractivity contribution in [1.29, 1.82) is 0 Å². The van der Waals surface area contributed by atoms with Gasteiger partial charge in [0.1, 0.15) is 4.32 Å². The molecule has 0 radical (unpaired) electrons. The van der Waals surface area contributed by atoms with Gasteiger partial charge in [-0.25, -0.2) is 0 Å². The fourth-order valence-electron chi connectivity index (χ4n) is 1.41. The van der Waals surface area contributed by atoms with Crippen molar-refractivity contribution in [1.82, 2.24) is 4.90 Å². The zero-order valence-corrected chi connectivity index (χ0v) is 12.2. The van der Waals surface area contributed by atoms with E-state index < -0.39 is 0 Å². The molecule has 1 rings (SSSR count). The second-order valence-electron chi connectivity index (χ2n) is 3.72. The molecule has 0 N–H and O–H groups in total. The second kappa shape index (κ2) is 11.0. The van der Waals surface area contributed by atoms with Crippen molar-refractivity contribution in [2.24, 2.45) is 0 Å². The second-order valence-corrected chi connectivity index (χ2v) is 4.83. The fraction of sp³-hybridized carbons (Fsp3) is 0.909. The molecule has 1 saturated heterocycles. The van der Waals surface area contributed by atoms with E-state index in [1.54, 1.807) is 0 Å². The Kier molecular flexibility index (Phi) is 9.82. The molecule has 0 unspecified atom stereocenters. The maximum atomic E-state index is 5.45. The molecule has 0 bridgehead atoms. The Morgan fingerprint density at radius 1 is 0.722 bits per heavy atom. The summed E-state index contributed by atoms with van der Waals surface area (Å²) in [5.74, 6) is 0. The molecular formula is C11H21NO4S2. The van der Waals surface area contributed by atoms with E-state index in [2.05, 4.69) is 12.6 Å². The third-order valence-electron chi connectivity index (χ3n) is 2.40. The summed E-state index contributed by atoms with van der Waals surface area (Å²) in [7, 11) is 0. The highest BCUT2D eigenvalue weighted by Crippen LogP contribution is 1.97. The van der Waals surface area contributed by atoms with Gasteiger partial charge >= 0.3 is 0 Å². The first-order valence-electron chi connectivity index (χ1n) is 6.09. The largest absolute Gasteiger partial charge is 0.377 e. The number of thiocarbonyl (C=S) groups is 1. The zero-order chi connectivity index (χ0) is 13.1. The first kappa shape index (κ1) is 16.1. The zero-order valence-electron chi connectivity index (χ0n) is 10.5. The first-order valence-corrected chi connectivity index (χ1v) is 6.95. The predicted octanol–water partition coefficient (Wildman–Crippen LogP) is 0.583. The van der Waals surface area contributed by atoms with Crippen LogP contribution in [0.2, 0.25) is 0 Å². The molecule has 0 aromatic heterocycles. The quantitative estimate of drug-likeness (QED) is 0.521. The number of hydrogen-bond donors (Lipinski definition) is 1. The van der Waals surface area contributed by atoms with E-state index in [1.165, 1.54) is 0 Å². The Morgan fingerprint density at radius 2 is 1.06 bits per heavy atom. The van der Waals surface area contributed by atoms with Gasteiger partial charge in [0.25, 0.3) is 0 Å². The highest BCUT2D eigenvalue weighted by molar-refractivity contribution is 8.10. The van der Waals surface area contributed by atoms with Crippen molar-refractivity contribution in [3.63, 3.8) is 0 Å². The van der Waals surface area contributed by atoms with Gasteiger partial charge in [-0.3, -0.25) is 0 Å². The highest BCUT2D eigenvalue weighted by atomic mass is 32.1. The van der Waals surface area contributed by atoms with Crippen LogP contribution in [-0.2, 0) is 18.9 Å². The Balaban J connectivity index is 2.26. The molecular weight excluding hydrogens is 274 g/mol. The van der Waals surface area contributed by atoms with Gasteiger partial charge in [-0.2, -0.15) is 0 Å². The van der Waals surface area contributed by atoms with Crippen molar-refractivity contribution >= 4 is 29.2 Å². The van der Waals surface area contributed by atoms with Crippen LogP contribution in [0.1, 0.15) is 0 Å². The summed E-state index contributed by atoms with van der Waals surface area (Å²) in [4.78, 5) is 1.96. The predicted molar refractivity (Wildman–Crippen MR) is 76.4 cm³/mol. The molecule has 0 atom stereocenters. The van der Waals surface area contributed by atoms with Crippen molar-refractivity contribution in [2.75, 3.05) is 65.9 Å². The lowest BCUT2D eigenvalue weighted by Crippen LogP contribution is -2.33. The van der Waals surface area contributed by atoms with Gasteiger partial charge in [0.05, 0.1) is 52.9 Å². The van der Waals surface area contributed by atoms with E-state index in [4.69, 9.17) is 31.2 Å². The van der Waals surface area contributed by atoms with Crippen molar-refractivity contribution < 1.29 is 18.9 Å². The summed E-state index contributed by atoms with van der Waals surface area (Å²) in [6, 6.07) is 0. The summed E-state index contributed by atoms with van der Waals surface area (Å²) in [5, 5.41) is 0. The van der Waals surface area contributed by atoms with Crippen LogP contribution in [0.25, 0.3) is 0 Å². The van der Waals surface area contributed by atoms with Crippen LogP contribution in [-0.4, -0.2) is 75.2 Å². The first-order chi connectivity index (χ1) is 8.80. The number of ether oxygens (including phenoxy) is 4. The number of rotatable bonds is 0. The topological polar surface area (TPSA) is 40.2 Å². The molecule has 1 aliphatic rings. The van der Waals surface area contributed by atoms with Crippen molar-refractivity contribution in [3.05, 3.63) is 0 Å². The minimum atomic E-state index is 0.569. The molecule has 0 aliphatic carbocycles. The van der Waals surface area contributed by atoms with E-state index in [-0.39, 0.29) is 0 Å². The van der Waals surface area contributed by atoms with Crippen LogP contribution in [0.3, 0.4) is 0 Å². The number of hydrogen-bond acceptors (Lipinski definition) is 5. The fourth-order valence-corrected chi connectivity index (χ4v) is 1.80. The molecule has 0 aromatic carbocycles. The molecule has 1 heterocycles. The minimum absolute atomic E-state index is 0.569. The van der Waals surface area contributed by atoms with Crippen LogP contribution in [0.4, 0.5) is 0 Å². The molecule has 5 nitrogen and oxygen atoms in total. The smallest absolute Gasteiger partial charge is 0.133 e. The van der Waals surface area contributed by atoms with Crippen LogP contribution in [0, 0.1) is 0 Å². The average molecular weight is 295 g/mol. The van der Waals surface area contributed by atoms with Crippen LogP contribution in [0.15, 0.2) is 0 Å². The SMILES string of the molecule is S=C(S)N1CCOCCOCCOCCOCC1. The van der Waals surface area contributed by atoms with E-state index in [0.717, 1.165) is 13.1 Å². The van der Waals surface area contributed by atoms with Gasteiger partial charge in [-0.1, -0.05) is 12.2 Å². The van der Waals surface area contributed by atoms with Gasteiger partial charge in [-0.05, 0) is 0 Å². The van der Waals surface area contributed by atoms with Crippen molar-refractivity contribution in [3.8, 4) is 0 Å². The lowest BCUT2D eigenvalue weighted by molar-refractivity contribution is 0.00206. The third kappa shape index (κ3) is 8.23. The van der Waals surface area contributed by atoms with Crippen LogP contribution >= 0.6 is 24.8 Å². The Bertz CT molecular complexity index is 215. The third-order valence-corrected chi connectivity index (χ3v) is 2.94. The van der Waals surface area contributed by atoms with Crippen LogP contribution < -0.4 is 0 Å². The lowest BCUT2D eigenvalue weighted by Gasteiger charge is -2.22. The maximum Gasteiger partial charge on any atom is 0.133 e. The molecule has 106 valence electrons. The van der Waals surface area contributed by atoms with Gasteiger partial charge in [0, 0.05) is 13.1 Å². The van der Waals surface area contributed by atoms with Gasteiger partial charge < -0.3 is 23.8 Å². The lowest BCUT2D eigenvalue weighted by atomic mass is 10.5. The van der Waals surface area contributed by atoms with Crippen LogP contribution in [0.5, 0.6) is 0 Å². The Morgan fingerprint density at radius 3 is 1.39 bits per heavy atom. The number of thiol groups is 1. The Hall–Kier alpha value is 0.0800. The summed E-state index contributed by atoms with van der Waals surface area (Å²) in [5.41, 5.74) is 0. The molecule has 1 fully saturated rings. The van der Waals surface area contributed by atoms with Crippen molar-refractivity contribution in [2.45, 2.75) is 0 Å². The molecule has 0 aromatic rings. The normalized spacial score (nSPS) is 21.9. The van der Waals surface area contributed by atoms with E-state index in [0.29, 0.717) is 57.2 Å². The standard InChI is InChI=1S/C11H21NO4S2/c17-11(18)12-1-3-13-5-7-15-9-10-16-8-6-14-4-2-12/h1-10H2,(H,17,18). The minimum Gasteiger partial charge on any atom is -0.377 e. The molecule has 0 spiro atoms. The van der Waals surface area contributed by atoms with Gasteiger partial charge in [-0.15, -0.1) is 12.6 Å². The summed E-state index contributed by atoms with van der Waals surface area (Å²) >= 11 is 9.25. The Labute approximate surface area is 119 Å². The maximum absolute atomic E-state index is 5.45. The highest BCUT2D eigenvalue weighted by Gasteiger charge is 2.06. The summed E-state index contributed by atoms with van der Waals surface area (Å²) in [6.45, 7) is 6.21. The average Bonchev–Trinajstić information content (AvgIpc) is 2.36. The molecule has 0 amide bonds. The molecule has 1 aliphatic heterocycles. The molecule has 7 heteroatoms. The summed E-state index contributed by atoms with van der Waals surface area (Å²) in [6.07, 6.45) is 0. The molecule has 0 saturated carbocycles. The van der Waals surface area contributed by atoms with E-state index in [9.17, 15) is 0 Å². The number of nitrogens with zero attached hydrogens (tertiary/aromatic N) is 1. The van der Waals surface area contributed by atoms with Gasteiger partial charge in [0.15, 0.2) is 0 Å². The van der Waals surface area contributed by atoms with E-state index in [1.807, 2.05) is 4.90 Å². The summed E-state index contributed by atoms with van der Waals surface area (Å²) < 4.78 is 22.1. The van der Waals surface area contributed by atoms with Gasteiger partial charge in [0.2, 0.25) is 0 Å². The molecule has 18 heavy (non-hydrogen) atoms. The monoisotopic (exact) mass is 295 g/mol. The van der Waals surface area contributed by atoms with E-state index >= 15 is 0 Å².